The molecule has 0 saturated heterocycles. The third-order valence-electron chi connectivity index (χ3n) is 1.99. The van der Waals surface area contributed by atoms with Crippen molar-refractivity contribution in [1.29, 1.82) is 0 Å². The smallest absolute Gasteiger partial charge is 0.299 e. The average molecular weight is 223 g/mol. The van der Waals surface area contributed by atoms with E-state index in [2.05, 4.69) is 15.0 Å². The summed E-state index contributed by atoms with van der Waals surface area (Å²) in [5.74, 6) is 0. The lowest BCUT2D eigenvalue weighted by Crippen LogP contribution is -2.23. The first-order valence-corrected chi connectivity index (χ1v) is 4.82. The van der Waals surface area contributed by atoms with Gasteiger partial charge in [0.05, 0.1) is 7.11 Å². The Morgan fingerprint density at radius 2 is 2.44 bits per heavy atom. The largest absolute Gasteiger partial charge is 0.468 e. The van der Waals surface area contributed by atoms with E-state index in [1.807, 2.05) is 0 Å². The van der Waals surface area contributed by atoms with Gasteiger partial charge in [-0.25, -0.2) is 4.98 Å². The number of methoxy groups -OCH3 is 1. The van der Waals surface area contributed by atoms with Gasteiger partial charge in [0.2, 0.25) is 0 Å². The van der Waals surface area contributed by atoms with Crippen molar-refractivity contribution in [2.45, 2.75) is 19.9 Å². The number of hydrogen-bond donors (Lipinski definition) is 0. The minimum Gasteiger partial charge on any atom is -0.468 e. The van der Waals surface area contributed by atoms with Crippen molar-refractivity contribution in [2.24, 2.45) is 5.11 Å². The highest BCUT2D eigenvalue weighted by molar-refractivity contribution is 5.06. The van der Waals surface area contributed by atoms with Crippen LogP contribution in [0.15, 0.2) is 16.0 Å². The molecule has 1 heterocycles. The van der Waals surface area contributed by atoms with Crippen LogP contribution in [0, 0.1) is 6.92 Å². The van der Waals surface area contributed by atoms with Gasteiger partial charge in [0.1, 0.15) is 0 Å². The number of ether oxygens (including phenoxy) is 1. The lowest BCUT2D eigenvalue weighted by Gasteiger charge is -2.09. The Morgan fingerprint density at radius 1 is 1.69 bits per heavy atom. The highest BCUT2D eigenvalue weighted by Crippen LogP contribution is 2.04. The van der Waals surface area contributed by atoms with Crippen LogP contribution in [0.25, 0.3) is 10.4 Å². The van der Waals surface area contributed by atoms with Gasteiger partial charge >= 0.3 is 0 Å². The van der Waals surface area contributed by atoms with Crippen LogP contribution in [-0.2, 0) is 6.54 Å². The van der Waals surface area contributed by atoms with Gasteiger partial charge in [-0.05, 0) is 18.9 Å². The number of nitrogens with zero attached hydrogens (tertiary/aromatic N) is 5. The van der Waals surface area contributed by atoms with Crippen LogP contribution in [0.2, 0.25) is 0 Å². The zero-order valence-corrected chi connectivity index (χ0v) is 9.25. The number of aryl methyl sites for hydroxylation is 1. The van der Waals surface area contributed by atoms with Crippen molar-refractivity contribution in [2.75, 3.05) is 13.7 Å². The Balaban J connectivity index is 2.85. The van der Waals surface area contributed by atoms with Crippen molar-refractivity contribution in [3.05, 3.63) is 32.6 Å². The molecule has 0 saturated carbocycles. The molecule has 0 atom stereocenters. The highest BCUT2D eigenvalue weighted by Gasteiger charge is 2.06. The summed E-state index contributed by atoms with van der Waals surface area (Å²) in [4.78, 5) is 18.3. The van der Waals surface area contributed by atoms with Crippen LogP contribution >= 0.6 is 0 Å². The second-order valence-corrected chi connectivity index (χ2v) is 3.18. The highest BCUT2D eigenvalue weighted by atomic mass is 16.5. The van der Waals surface area contributed by atoms with Gasteiger partial charge in [0.15, 0.2) is 0 Å². The first kappa shape index (κ1) is 12.1. The van der Waals surface area contributed by atoms with Crippen molar-refractivity contribution in [1.82, 2.24) is 9.55 Å². The average Bonchev–Trinajstić information content (AvgIpc) is 2.26. The van der Waals surface area contributed by atoms with E-state index in [1.165, 1.54) is 17.7 Å². The number of aromatic nitrogens is 2. The molecule has 0 amide bonds. The quantitative estimate of drug-likeness (QED) is 0.325. The standard InChI is InChI=1S/C9H13N5O2/c1-7-6-8(15)14(9(12-7)16-2)5-3-4-11-13-10/h6H,3-5H2,1-2H3. The van der Waals surface area contributed by atoms with Crippen LogP contribution in [0.3, 0.4) is 0 Å². The van der Waals surface area contributed by atoms with Crippen LogP contribution in [0.5, 0.6) is 6.01 Å². The molecular weight excluding hydrogens is 210 g/mol. The van der Waals surface area contributed by atoms with Crippen molar-refractivity contribution in [3.63, 3.8) is 0 Å². The fourth-order valence-electron chi connectivity index (χ4n) is 1.30. The van der Waals surface area contributed by atoms with E-state index >= 15 is 0 Å². The molecule has 0 radical (unpaired) electrons. The molecule has 1 aromatic rings. The molecule has 0 aliphatic heterocycles. The van der Waals surface area contributed by atoms with Gasteiger partial charge in [-0.2, -0.15) is 0 Å². The maximum absolute atomic E-state index is 11.6. The van der Waals surface area contributed by atoms with Crippen LogP contribution in [-0.4, -0.2) is 23.2 Å². The fraction of sp³-hybridized carbons (Fsp3) is 0.556. The number of azide groups is 1. The Labute approximate surface area is 92.3 Å². The van der Waals surface area contributed by atoms with E-state index in [-0.39, 0.29) is 11.6 Å². The van der Waals surface area contributed by atoms with Gasteiger partial charge in [0, 0.05) is 29.8 Å². The number of hydrogen-bond acceptors (Lipinski definition) is 4. The van der Waals surface area contributed by atoms with E-state index < -0.39 is 0 Å². The fourth-order valence-corrected chi connectivity index (χ4v) is 1.30. The Bertz CT molecular complexity index is 461. The summed E-state index contributed by atoms with van der Waals surface area (Å²) >= 11 is 0. The maximum atomic E-state index is 11.6. The predicted molar refractivity (Wildman–Crippen MR) is 58.4 cm³/mol. The zero-order chi connectivity index (χ0) is 12.0. The monoisotopic (exact) mass is 223 g/mol. The van der Waals surface area contributed by atoms with Gasteiger partial charge in [-0.3, -0.25) is 9.36 Å². The molecule has 1 rings (SSSR count). The summed E-state index contributed by atoms with van der Waals surface area (Å²) in [6.07, 6.45) is 0.574. The van der Waals surface area contributed by atoms with Gasteiger partial charge in [-0.1, -0.05) is 5.11 Å². The molecule has 0 N–H and O–H groups in total. The summed E-state index contributed by atoms with van der Waals surface area (Å²) in [5.41, 5.74) is 8.56. The van der Waals surface area contributed by atoms with Crippen LogP contribution in [0.4, 0.5) is 0 Å². The van der Waals surface area contributed by atoms with E-state index in [9.17, 15) is 4.79 Å². The molecular formula is C9H13N5O2. The van der Waals surface area contributed by atoms with Crippen LogP contribution in [0.1, 0.15) is 12.1 Å². The van der Waals surface area contributed by atoms with Gasteiger partial charge < -0.3 is 4.74 Å². The first-order chi connectivity index (χ1) is 7.69. The number of rotatable bonds is 5. The lowest BCUT2D eigenvalue weighted by molar-refractivity contribution is 0.342. The topological polar surface area (TPSA) is 92.9 Å². The van der Waals surface area contributed by atoms with Crippen LogP contribution < -0.4 is 10.3 Å². The summed E-state index contributed by atoms with van der Waals surface area (Å²) in [7, 11) is 1.46. The van der Waals surface area contributed by atoms with Gasteiger partial charge in [-0.15, -0.1) is 0 Å². The third-order valence-corrected chi connectivity index (χ3v) is 1.99. The van der Waals surface area contributed by atoms with E-state index in [4.69, 9.17) is 10.3 Å². The molecule has 86 valence electrons. The first-order valence-electron chi connectivity index (χ1n) is 4.82. The normalized spacial score (nSPS) is 9.62. The summed E-state index contributed by atoms with van der Waals surface area (Å²) < 4.78 is 6.43. The molecule has 0 spiro atoms. The second kappa shape index (κ2) is 5.77. The van der Waals surface area contributed by atoms with Gasteiger partial charge in [0.25, 0.3) is 11.6 Å². The van der Waals surface area contributed by atoms with Crippen molar-refractivity contribution in [3.8, 4) is 6.01 Å². The summed E-state index contributed by atoms with van der Waals surface area (Å²) in [5, 5.41) is 3.39. The zero-order valence-electron chi connectivity index (χ0n) is 9.25. The summed E-state index contributed by atoms with van der Waals surface area (Å²) in [6.45, 7) is 2.50. The van der Waals surface area contributed by atoms with E-state index in [0.29, 0.717) is 25.2 Å². The van der Waals surface area contributed by atoms with Crippen molar-refractivity contribution >= 4 is 0 Å². The summed E-state index contributed by atoms with van der Waals surface area (Å²) in [6, 6.07) is 1.72. The molecule has 0 aromatic carbocycles. The second-order valence-electron chi connectivity index (χ2n) is 3.18. The Kier molecular flexibility index (Phi) is 4.35. The molecule has 0 fully saturated rings. The molecule has 16 heavy (non-hydrogen) atoms. The lowest BCUT2D eigenvalue weighted by atomic mass is 10.4. The van der Waals surface area contributed by atoms with E-state index in [0.717, 1.165) is 0 Å². The minimum absolute atomic E-state index is 0.162. The third kappa shape index (κ3) is 2.99. The molecule has 0 unspecified atom stereocenters. The Hall–Kier alpha value is -2.01. The molecule has 0 aliphatic carbocycles. The van der Waals surface area contributed by atoms with E-state index in [1.54, 1.807) is 6.92 Å². The predicted octanol–water partition coefficient (Wildman–Crippen LogP) is 1.26. The minimum atomic E-state index is -0.162. The molecule has 7 nitrogen and oxygen atoms in total. The SMILES string of the molecule is COc1nc(C)cc(=O)n1CCCN=[N+]=[N-]. The molecule has 0 aliphatic rings. The molecule has 7 heteroatoms. The maximum Gasteiger partial charge on any atom is 0.299 e. The molecule has 1 aromatic heterocycles. The molecule has 0 bridgehead atoms. The Morgan fingerprint density at radius 3 is 3.06 bits per heavy atom. The van der Waals surface area contributed by atoms with Crippen molar-refractivity contribution < 1.29 is 4.74 Å².